The van der Waals surface area contributed by atoms with E-state index < -0.39 is 0 Å². The van der Waals surface area contributed by atoms with Crippen LogP contribution in [-0.4, -0.2) is 25.2 Å². The van der Waals surface area contributed by atoms with Crippen LogP contribution in [0.3, 0.4) is 0 Å². The average molecular weight is 313 g/mol. The highest BCUT2D eigenvalue weighted by atomic mass is 35.5. The summed E-state index contributed by atoms with van der Waals surface area (Å²) in [5, 5.41) is 4.20. The summed E-state index contributed by atoms with van der Waals surface area (Å²) in [6.45, 7) is 1.76. The van der Waals surface area contributed by atoms with Gasteiger partial charge in [0.05, 0.1) is 24.9 Å². The number of carbonyl (C=O) groups is 1. The van der Waals surface area contributed by atoms with Crippen LogP contribution in [-0.2, 0) is 4.74 Å². The zero-order valence-corrected chi connectivity index (χ0v) is 12.8. The van der Waals surface area contributed by atoms with Crippen molar-refractivity contribution < 1.29 is 14.3 Å². The van der Waals surface area contributed by atoms with Gasteiger partial charge in [0.1, 0.15) is 10.6 Å². The van der Waals surface area contributed by atoms with Crippen LogP contribution in [0.1, 0.15) is 15.4 Å². The van der Waals surface area contributed by atoms with E-state index in [1.807, 2.05) is 6.07 Å². The van der Waals surface area contributed by atoms with Gasteiger partial charge in [0.15, 0.2) is 5.13 Å². The molecule has 0 aliphatic heterocycles. The number of carbonyl (C=O) groups excluding carboxylic acids is 1. The minimum atomic E-state index is -0.388. The number of aryl methyl sites for hydroxylation is 1. The first-order valence-electron chi connectivity index (χ1n) is 5.71. The zero-order valence-electron chi connectivity index (χ0n) is 11.2. The Morgan fingerprint density at radius 1 is 1.40 bits per heavy atom. The average Bonchev–Trinajstić information content (AvgIpc) is 2.79. The van der Waals surface area contributed by atoms with E-state index in [0.717, 1.165) is 5.69 Å². The van der Waals surface area contributed by atoms with Crippen molar-refractivity contribution in [1.82, 2.24) is 4.98 Å². The van der Waals surface area contributed by atoms with Crippen molar-refractivity contribution in [2.45, 2.75) is 6.92 Å². The van der Waals surface area contributed by atoms with Gasteiger partial charge in [-0.3, -0.25) is 0 Å². The third kappa shape index (κ3) is 3.02. The van der Waals surface area contributed by atoms with E-state index in [9.17, 15) is 4.79 Å². The van der Waals surface area contributed by atoms with Gasteiger partial charge in [-0.05, 0) is 25.1 Å². The lowest BCUT2D eigenvalue weighted by Gasteiger charge is -2.06. The van der Waals surface area contributed by atoms with E-state index in [-0.39, 0.29) is 5.97 Å². The summed E-state index contributed by atoms with van der Waals surface area (Å²) >= 11 is 7.28. The monoisotopic (exact) mass is 312 g/mol. The molecule has 106 valence electrons. The minimum Gasteiger partial charge on any atom is -0.495 e. The quantitative estimate of drug-likeness (QED) is 0.873. The van der Waals surface area contributed by atoms with Crippen molar-refractivity contribution in [3.63, 3.8) is 0 Å². The Labute approximate surface area is 125 Å². The topological polar surface area (TPSA) is 60.5 Å². The van der Waals surface area contributed by atoms with Crippen molar-refractivity contribution in [3.8, 4) is 5.75 Å². The number of ether oxygens (including phenoxy) is 2. The van der Waals surface area contributed by atoms with Gasteiger partial charge < -0.3 is 14.8 Å². The first-order valence-corrected chi connectivity index (χ1v) is 6.91. The predicted molar refractivity (Wildman–Crippen MR) is 79.5 cm³/mol. The molecule has 0 radical (unpaired) electrons. The van der Waals surface area contributed by atoms with Crippen molar-refractivity contribution in [1.29, 1.82) is 0 Å². The Hall–Kier alpha value is -1.79. The normalized spacial score (nSPS) is 10.2. The van der Waals surface area contributed by atoms with Gasteiger partial charge in [0, 0.05) is 5.69 Å². The molecule has 1 aromatic carbocycles. The number of hydrogen-bond acceptors (Lipinski definition) is 6. The second-order valence-electron chi connectivity index (χ2n) is 3.90. The summed E-state index contributed by atoms with van der Waals surface area (Å²) in [4.78, 5) is 16.3. The lowest BCUT2D eigenvalue weighted by atomic mass is 10.3. The summed E-state index contributed by atoms with van der Waals surface area (Å²) in [5.41, 5.74) is 1.39. The van der Waals surface area contributed by atoms with Gasteiger partial charge in [0.2, 0.25) is 0 Å². The van der Waals surface area contributed by atoms with Gasteiger partial charge in [0.25, 0.3) is 0 Å². The molecule has 0 aliphatic carbocycles. The van der Waals surface area contributed by atoms with E-state index in [0.29, 0.717) is 26.5 Å². The smallest absolute Gasteiger partial charge is 0.350 e. The molecule has 0 amide bonds. The number of anilines is 2. The lowest BCUT2D eigenvalue weighted by molar-refractivity contribution is 0.0605. The molecule has 0 unspecified atom stereocenters. The SMILES string of the molecule is COC(=O)c1sc(Nc2ccc(OC)c(Cl)c2)nc1C. The number of benzene rings is 1. The second kappa shape index (κ2) is 6.11. The molecule has 0 saturated carbocycles. The number of nitrogens with one attached hydrogen (secondary N) is 1. The fourth-order valence-electron chi connectivity index (χ4n) is 1.60. The number of thiazole rings is 1. The maximum absolute atomic E-state index is 11.5. The van der Waals surface area contributed by atoms with Crippen molar-refractivity contribution in [3.05, 3.63) is 33.8 Å². The van der Waals surface area contributed by atoms with Crippen LogP contribution in [0.5, 0.6) is 5.75 Å². The lowest BCUT2D eigenvalue weighted by Crippen LogP contribution is -1.99. The molecule has 0 saturated heterocycles. The first kappa shape index (κ1) is 14.6. The molecule has 0 spiro atoms. The molecule has 2 aromatic rings. The standard InChI is InChI=1S/C13H13ClN2O3S/c1-7-11(12(17)19-3)20-13(15-7)16-8-4-5-10(18-2)9(14)6-8/h4-6H,1-3H3,(H,15,16). The maximum atomic E-state index is 11.5. The molecule has 1 N–H and O–H groups in total. The Kier molecular flexibility index (Phi) is 4.46. The maximum Gasteiger partial charge on any atom is 0.350 e. The molecule has 1 aromatic heterocycles. The Balaban J connectivity index is 2.22. The van der Waals surface area contributed by atoms with Crippen LogP contribution in [0, 0.1) is 6.92 Å². The number of aromatic nitrogens is 1. The number of esters is 1. The summed E-state index contributed by atoms with van der Waals surface area (Å²) in [7, 11) is 2.90. The van der Waals surface area contributed by atoms with Crippen LogP contribution in [0.2, 0.25) is 5.02 Å². The first-order chi connectivity index (χ1) is 9.55. The third-order valence-electron chi connectivity index (χ3n) is 2.57. The highest BCUT2D eigenvalue weighted by Gasteiger charge is 2.15. The fraction of sp³-hybridized carbons (Fsp3) is 0.231. The van der Waals surface area contributed by atoms with Gasteiger partial charge in [-0.2, -0.15) is 0 Å². The molecule has 1 heterocycles. The van der Waals surface area contributed by atoms with Gasteiger partial charge in [-0.1, -0.05) is 22.9 Å². The van der Waals surface area contributed by atoms with Crippen LogP contribution >= 0.6 is 22.9 Å². The van der Waals surface area contributed by atoms with Crippen molar-refractivity contribution in [2.75, 3.05) is 19.5 Å². The third-order valence-corrected chi connectivity index (χ3v) is 3.92. The largest absolute Gasteiger partial charge is 0.495 e. The molecule has 5 nitrogen and oxygen atoms in total. The predicted octanol–water partition coefficient (Wildman–Crippen LogP) is 3.64. The fourth-order valence-corrected chi connectivity index (χ4v) is 2.76. The number of halogens is 1. The zero-order chi connectivity index (χ0) is 14.7. The molecule has 20 heavy (non-hydrogen) atoms. The van der Waals surface area contributed by atoms with E-state index in [4.69, 9.17) is 21.1 Å². The number of hydrogen-bond donors (Lipinski definition) is 1. The molecule has 0 atom stereocenters. The van der Waals surface area contributed by atoms with Crippen LogP contribution in [0.4, 0.5) is 10.8 Å². The van der Waals surface area contributed by atoms with Gasteiger partial charge in [-0.25, -0.2) is 9.78 Å². The molecule has 7 heteroatoms. The van der Waals surface area contributed by atoms with Crippen molar-refractivity contribution in [2.24, 2.45) is 0 Å². The molecule has 0 fully saturated rings. The van der Waals surface area contributed by atoms with E-state index >= 15 is 0 Å². The number of rotatable bonds is 4. The summed E-state index contributed by atoms with van der Waals surface area (Å²) < 4.78 is 9.78. The molecule has 2 rings (SSSR count). The minimum absolute atomic E-state index is 0.388. The molecular formula is C13H13ClN2O3S. The van der Waals surface area contributed by atoms with Gasteiger partial charge in [-0.15, -0.1) is 0 Å². The van der Waals surface area contributed by atoms with Crippen LogP contribution < -0.4 is 10.1 Å². The van der Waals surface area contributed by atoms with Gasteiger partial charge >= 0.3 is 5.97 Å². The van der Waals surface area contributed by atoms with E-state index in [1.165, 1.54) is 18.4 Å². The highest BCUT2D eigenvalue weighted by molar-refractivity contribution is 7.17. The second-order valence-corrected chi connectivity index (χ2v) is 5.31. The highest BCUT2D eigenvalue weighted by Crippen LogP contribution is 2.31. The molecular weight excluding hydrogens is 300 g/mol. The summed E-state index contributed by atoms with van der Waals surface area (Å²) in [5.74, 6) is 0.212. The summed E-state index contributed by atoms with van der Waals surface area (Å²) in [6.07, 6.45) is 0. The number of methoxy groups -OCH3 is 2. The van der Waals surface area contributed by atoms with Crippen molar-refractivity contribution >= 4 is 39.7 Å². The van der Waals surface area contributed by atoms with E-state index in [1.54, 1.807) is 26.2 Å². The summed E-state index contributed by atoms with van der Waals surface area (Å²) in [6, 6.07) is 5.31. The Morgan fingerprint density at radius 2 is 2.15 bits per heavy atom. The number of nitrogens with zero attached hydrogens (tertiary/aromatic N) is 1. The Morgan fingerprint density at radius 3 is 2.75 bits per heavy atom. The van der Waals surface area contributed by atoms with E-state index in [2.05, 4.69) is 10.3 Å². The molecule has 0 aliphatic rings. The molecule has 0 bridgehead atoms. The Bertz CT molecular complexity index is 643. The van der Waals surface area contributed by atoms with Crippen LogP contribution in [0.15, 0.2) is 18.2 Å². The van der Waals surface area contributed by atoms with Crippen LogP contribution in [0.25, 0.3) is 0 Å².